The molecule has 0 spiro atoms. The number of hydrogen-bond acceptors (Lipinski definition) is 5. The number of rotatable bonds is 3. The highest BCUT2D eigenvalue weighted by molar-refractivity contribution is 5.98. The van der Waals surface area contributed by atoms with Crippen LogP contribution in [0.25, 0.3) is 0 Å². The monoisotopic (exact) mass is 286 g/mol. The maximum absolute atomic E-state index is 12.6. The van der Waals surface area contributed by atoms with E-state index in [-0.39, 0.29) is 17.9 Å². The molecule has 1 amide bonds. The molecule has 1 aromatic carbocycles. The Morgan fingerprint density at radius 1 is 1.48 bits per heavy atom. The third kappa shape index (κ3) is 2.49. The molecule has 0 saturated heterocycles. The second-order valence-corrected chi connectivity index (χ2v) is 5.34. The van der Waals surface area contributed by atoms with Crippen molar-refractivity contribution in [1.82, 2.24) is 10.1 Å². The van der Waals surface area contributed by atoms with Crippen molar-refractivity contribution in [2.45, 2.75) is 32.9 Å². The molecule has 1 unspecified atom stereocenters. The Labute approximate surface area is 123 Å². The van der Waals surface area contributed by atoms with Crippen molar-refractivity contribution < 1.29 is 9.32 Å². The zero-order chi connectivity index (χ0) is 14.8. The maximum Gasteiger partial charge on any atom is 0.266 e. The number of nitrogens with zero attached hydrogens (tertiary/aromatic N) is 3. The van der Waals surface area contributed by atoms with Crippen molar-refractivity contribution in [3.8, 4) is 0 Å². The fraction of sp³-hybridized carbons (Fsp3) is 0.400. The number of hydrogen-bond donors (Lipinski definition) is 1. The van der Waals surface area contributed by atoms with Crippen LogP contribution in [0.5, 0.6) is 0 Å². The van der Waals surface area contributed by atoms with Gasteiger partial charge < -0.3 is 14.7 Å². The van der Waals surface area contributed by atoms with Gasteiger partial charge in [-0.15, -0.1) is 0 Å². The standard InChI is InChI=1S/C15H18N4O2/c1-3-10(2)13-14(20)17-12-7-5-4-6-11(12)8-19(13)15-16-9-21-18-15/h4-7,9-10,13H,3,8H2,1-2H3,(H,17,20)/t10?,13-/m0/s1. The third-order valence-corrected chi connectivity index (χ3v) is 4.01. The molecule has 0 bridgehead atoms. The highest BCUT2D eigenvalue weighted by atomic mass is 16.5. The van der Waals surface area contributed by atoms with Gasteiger partial charge in [-0.3, -0.25) is 4.79 Å². The minimum atomic E-state index is -0.319. The normalized spacial score (nSPS) is 19.6. The number of nitrogens with one attached hydrogen (secondary N) is 1. The van der Waals surface area contributed by atoms with Gasteiger partial charge in [-0.25, -0.2) is 0 Å². The molecular weight excluding hydrogens is 268 g/mol. The van der Waals surface area contributed by atoms with Crippen LogP contribution in [0.4, 0.5) is 11.6 Å². The van der Waals surface area contributed by atoms with Gasteiger partial charge >= 0.3 is 0 Å². The topological polar surface area (TPSA) is 71.3 Å². The molecule has 1 aromatic heterocycles. The van der Waals surface area contributed by atoms with Gasteiger partial charge in [-0.2, -0.15) is 4.98 Å². The van der Waals surface area contributed by atoms with Gasteiger partial charge in [0.05, 0.1) is 0 Å². The average Bonchev–Trinajstić information content (AvgIpc) is 2.97. The lowest BCUT2D eigenvalue weighted by Crippen LogP contribution is -2.46. The van der Waals surface area contributed by atoms with Crippen LogP contribution in [0.3, 0.4) is 0 Å². The molecule has 0 fully saturated rings. The van der Waals surface area contributed by atoms with E-state index in [1.54, 1.807) is 0 Å². The van der Waals surface area contributed by atoms with Crippen molar-refractivity contribution in [2.75, 3.05) is 10.2 Å². The minimum absolute atomic E-state index is 0.0286. The second kappa shape index (κ2) is 5.55. The smallest absolute Gasteiger partial charge is 0.266 e. The SMILES string of the molecule is CCC(C)[C@H]1C(=O)Nc2ccccc2CN1c1ncon1. The molecule has 6 heteroatoms. The number of anilines is 2. The summed E-state index contributed by atoms with van der Waals surface area (Å²) < 4.78 is 4.86. The van der Waals surface area contributed by atoms with E-state index in [9.17, 15) is 4.79 Å². The van der Waals surface area contributed by atoms with Crippen molar-refractivity contribution in [1.29, 1.82) is 0 Å². The predicted molar refractivity (Wildman–Crippen MR) is 78.8 cm³/mol. The van der Waals surface area contributed by atoms with Crippen molar-refractivity contribution in [3.05, 3.63) is 36.2 Å². The summed E-state index contributed by atoms with van der Waals surface area (Å²) in [5.74, 6) is 0.601. The first-order chi connectivity index (χ1) is 10.2. The second-order valence-electron chi connectivity index (χ2n) is 5.34. The first kappa shape index (κ1) is 13.6. The van der Waals surface area contributed by atoms with Crippen LogP contribution in [0.2, 0.25) is 0 Å². The van der Waals surface area contributed by atoms with Crippen molar-refractivity contribution >= 4 is 17.5 Å². The third-order valence-electron chi connectivity index (χ3n) is 4.01. The molecule has 110 valence electrons. The van der Waals surface area contributed by atoms with Gasteiger partial charge in [0.15, 0.2) is 0 Å². The largest absolute Gasteiger partial charge is 0.341 e. The van der Waals surface area contributed by atoms with Crippen LogP contribution in [0.1, 0.15) is 25.8 Å². The molecule has 1 N–H and O–H groups in total. The molecule has 6 nitrogen and oxygen atoms in total. The molecule has 0 aliphatic carbocycles. The summed E-state index contributed by atoms with van der Waals surface area (Å²) in [5, 5.41) is 6.93. The van der Waals surface area contributed by atoms with Crippen LogP contribution in [-0.4, -0.2) is 22.1 Å². The molecule has 0 saturated carbocycles. The number of para-hydroxylation sites is 1. The fourth-order valence-electron chi connectivity index (χ4n) is 2.69. The van der Waals surface area contributed by atoms with E-state index in [0.717, 1.165) is 17.7 Å². The summed E-state index contributed by atoms with van der Waals surface area (Å²) in [7, 11) is 0. The lowest BCUT2D eigenvalue weighted by molar-refractivity contribution is -0.118. The van der Waals surface area contributed by atoms with Gasteiger partial charge in [0.25, 0.3) is 5.95 Å². The Hall–Kier alpha value is -2.37. The zero-order valence-corrected chi connectivity index (χ0v) is 12.1. The number of benzene rings is 1. The van der Waals surface area contributed by atoms with Crippen LogP contribution in [-0.2, 0) is 11.3 Å². The van der Waals surface area contributed by atoms with E-state index >= 15 is 0 Å². The Morgan fingerprint density at radius 3 is 3.00 bits per heavy atom. The molecule has 1 aliphatic heterocycles. The summed E-state index contributed by atoms with van der Waals surface area (Å²) in [6, 6.07) is 7.48. The molecule has 2 atom stereocenters. The van der Waals surface area contributed by atoms with Crippen molar-refractivity contribution in [3.63, 3.8) is 0 Å². The minimum Gasteiger partial charge on any atom is -0.341 e. The summed E-state index contributed by atoms with van der Waals surface area (Å²) in [6.07, 6.45) is 2.18. The van der Waals surface area contributed by atoms with Crippen LogP contribution >= 0.6 is 0 Å². The highest BCUT2D eigenvalue weighted by Crippen LogP contribution is 2.29. The average molecular weight is 286 g/mol. The summed E-state index contributed by atoms with van der Waals surface area (Å²) in [4.78, 5) is 18.7. The summed E-state index contributed by atoms with van der Waals surface area (Å²) in [6.45, 7) is 4.71. The lowest BCUT2D eigenvalue weighted by Gasteiger charge is -2.31. The van der Waals surface area contributed by atoms with Crippen LogP contribution in [0, 0.1) is 5.92 Å². The van der Waals surface area contributed by atoms with Gasteiger partial charge in [0.1, 0.15) is 6.04 Å². The van der Waals surface area contributed by atoms with E-state index in [1.807, 2.05) is 29.2 Å². The zero-order valence-electron chi connectivity index (χ0n) is 12.1. The summed E-state index contributed by atoms with van der Waals surface area (Å²) in [5.41, 5.74) is 1.89. The quantitative estimate of drug-likeness (QED) is 0.938. The van der Waals surface area contributed by atoms with Crippen LogP contribution < -0.4 is 10.2 Å². The van der Waals surface area contributed by atoms with E-state index in [2.05, 4.69) is 29.3 Å². The maximum atomic E-state index is 12.6. The lowest BCUT2D eigenvalue weighted by atomic mass is 9.97. The van der Waals surface area contributed by atoms with Gasteiger partial charge in [-0.1, -0.05) is 38.5 Å². The predicted octanol–water partition coefficient (Wildman–Crippen LogP) is 2.44. The Kier molecular flexibility index (Phi) is 3.60. The number of carbonyl (C=O) groups is 1. The van der Waals surface area contributed by atoms with Gasteiger partial charge in [0.2, 0.25) is 12.3 Å². The summed E-state index contributed by atoms with van der Waals surface area (Å²) >= 11 is 0. The Balaban J connectivity index is 2.05. The van der Waals surface area contributed by atoms with Crippen LogP contribution in [0.15, 0.2) is 35.2 Å². The molecule has 1 aliphatic rings. The molecule has 2 aromatic rings. The van der Waals surface area contributed by atoms with E-state index in [1.165, 1.54) is 6.39 Å². The van der Waals surface area contributed by atoms with E-state index in [4.69, 9.17) is 4.52 Å². The van der Waals surface area contributed by atoms with E-state index < -0.39 is 0 Å². The number of aromatic nitrogens is 2. The molecule has 2 heterocycles. The first-order valence-corrected chi connectivity index (χ1v) is 7.12. The molecular formula is C15H18N4O2. The molecule has 3 rings (SSSR count). The first-order valence-electron chi connectivity index (χ1n) is 7.12. The molecule has 0 radical (unpaired) electrons. The number of amides is 1. The fourth-order valence-corrected chi connectivity index (χ4v) is 2.69. The highest BCUT2D eigenvalue weighted by Gasteiger charge is 2.35. The van der Waals surface area contributed by atoms with Gasteiger partial charge in [0, 0.05) is 12.2 Å². The van der Waals surface area contributed by atoms with Crippen molar-refractivity contribution in [2.24, 2.45) is 5.92 Å². The number of fused-ring (bicyclic) bond motifs is 1. The number of carbonyl (C=O) groups excluding carboxylic acids is 1. The van der Waals surface area contributed by atoms with E-state index in [0.29, 0.717) is 12.5 Å². The Bertz CT molecular complexity index is 626. The molecule has 21 heavy (non-hydrogen) atoms. The Morgan fingerprint density at radius 2 is 2.29 bits per heavy atom. The van der Waals surface area contributed by atoms with Gasteiger partial charge in [-0.05, 0) is 22.7 Å².